The van der Waals surface area contributed by atoms with Crippen molar-refractivity contribution in [3.8, 4) is 0 Å². The van der Waals surface area contributed by atoms with Gasteiger partial charge < -0.3 is 28.6 Å². The molecule has 30 heavy (non-hydrogen) atoms. The van der Waals surface area contributed by atoms with Crippen LogP contribution in [0.2, 0.25) is 12.1 Å². The summed E-state index contributed by atoms with van der Waals surface area (Å²) in [5.74, 6) is 0. The van der Waals surface area contributed by atoms with E-state index in [0.717, 1.165) is 0 Å². The van der Waals surface area contributed by atoms with E-state index in [4.69, 9.17) is 13.3 Å². The summed E-state index contributed by atoms with van der Waals surface area (Å²) in [7, 11) is -4.60. The lowest BCUT2D eigenvalue weighted by molar-refractivity contribution is 0.122. The molecule has 0 aliphatic rings. The van der Waals surface area contributed by atoms with Gasteiger partial charge in [0.25, 0.3) is 0 Å². The van der Waals surface area contributed by atoms with E-state index in [1.807, 2.05) is 0 Å². The Labute approximate surface area is 181 Å². The van der Waals surface area contributed by atoms with Crippen molar-refractivity contribution in [1.29, 1.82) is 0 Å². The molecule has 0 spiro atoms. The molecular weight excluding hydrogens is 446 g/mol. The Morgan fingerprint density at radius 3 is 1.73 bits per heavy atom. The highest BCUT2D eigenvalue weighted by Gasteiger charge is 2.38. The standard InChI is InChI=1S/C18H35NO8SSi2/c1-25-30(26-2,27-3)14-8-12-19(11-7-13-29(15-20,16-21)17-22)28(23,24)18-9-5-4-6-10-18/h4-6,9-10,20-22H,7-8,11-17H2,1-3H3. The third kappa shape index (κ3) is 7.19. The first kappa shape index (κ1) is 27.4. The lowest BCUT2D eigenvalue weighted by atomic mass is 10.4. The van der Waals surface area contributed by atoms with Crippen molar-refractivity contribution in [2.75, 3.05) is 53.1 Å². The molecule has 1 aromatic rings. The average molecular weight is 482 g/mol. The van der Waals surface area contributed by atoms with Crippen LogP contribution in [-0.4, -0.2) is 98.0 Å². The van der Waals surface area contributed by atoms with E-state index in [1.165, 1.54) is 25.6 Å². The van der Waals surface area contributed by atoms with Gasteiger partial charge in [-0.3, -0.25) is 0 Å². The van der Waals surface area contributed by atoms with E-state index in [0.29, 0.717) is 24.9 Å². The van der Waals surface area contributed by atoms with Gasteiger partial charge in [-0.1, -0.05) is 24.2 Å². The van der Waals surface area contributed by atoms with Crippen molar-refractivity contribution in [2.24, 2.45) is 0 Å². The molecule has 0 aliphatic heterocycles. The molecule has 0 aromatic heterocycles. The minimum atomic E-state index is -3.72. The van der Waals surface area contributed by atoms with Crippen molar-refractivity contribution in [1.82, 2.24) is 4.31 Å². The molecule has 174 valence electrons. The van der Waals surface area contributed by atoms with Crippen molar-refractivity contribution in [2.45, 2.75) is 29.8 Å². The lowest BCUT2D eigenvalue weighted by Gasteiger charge is -2.28. The van der Waals surface area contributed by atoms with Crippen LogP contribution in [0.1, 0.15) is 12.8 Å². The predicted octanol–water partition coefficient (Wildman–Crippen LogP) is 0.379. The Bertz CT molecular complexity index is 657. The topological polar surface area (TPSA) is 126 Å². The molecule has 0 amide bonds. The summed E-state index contributed by atoms with van der Waals surface area (Å²) in [6.07, 6.45) is 0.191. The van der Waals surface area contributed by atoms with Crippen LogP contribution in [0, 0.1) is 0 Å². The number of rotatable bonds is 16. The molecule has 1 aromatic carbocycles. The monoisotopic (exact) mass is 481 g/mol. The normalized spacial score (nSPS) is 13.2. The molecule has 0 heterocycles. The van der Waals surface area contributed by atoms with Crippen LogP contribution < -0.4 is 0 Å². The SMILES string of the molecule is CO[Si](CCCN(CCC[Si](CO)(CO)CO)S(=O)(=O)c1ccccc1)(OC)OC. The summed E-state index contributed by atoms with van der Waals surface area (Å²) in [5.41, 5.74) is 0. The van der Waals surface area contributed by atoms with Crippen LogP contribution in [-0.2, 0) is 23.3 Å². The largest absolute Gasteiger partial charge is 0.500 e. The van der Waals surface area contributed by atoms with E-state index >= 15 is 0 Å². The van der Waals surface area contributed by atoms with Crippen LogP contribution in [0.25, 0.3) is 0 Å². The minimum absolute atomic E-state index is 0.203. The quantitative estimate of drug-likeness (QED) is 0.289. The molecule has 0 saturated heterocycles. The first-order chi connectivity index (χ1) is 14.3. The van der Waals surface area contributed by atoms with Crippen LogP contribution in [0.4, 0.5) is 0 Å². The molecule has 0 atom stereocenters. The highest BCUT2D eigenvalue weighted by atomic mass is 32.2. The third-order valence-electron chi connectivity index (χ3n) is 5.33. The van der Waals surface area contributed by atoms with Crippen LogP contribution in [0.3, 0.4) is 0 Å². The number of hydrogen-bond acceptors (Lipinski definition) is 8. The second-order valence-electron chi connectivity index (χ2n) is 7.19. The molecule has 1 rings (SSSR count). The molecule has 0 fully saturated rings. The number of nitrogens with zero attached hydrogens (tertiary/aromatic N) is 1. The van der Waals surface area contributed by atoms with Gasteiger partial charge in [0.1, 0.15) is 8.07 Å². The van der Waals surface area contributed by atoms with E-state index < -0.39 is 26.9 Å². The number of aliphatic hydroxyl groups is 3. The zero-order valence-electron chi connectivity index (χ0n) is 18.0. The van der Waals surface area contributed by atoms with Gasteiger partial charge in [0.05, 0.1) is 4.90 Å². The fourth-order valence-corrected chi connectivity index (χ4v) is 8.06. The predicted molar refractivity (Wildman–Crippen MR) is 118 cm³/mol. The van der Waals surface area contributed by atoms with E-state index in [-0.39, 0.29) is 36.7 Å². The Morgan fingerprint density at radius 2 is 1.30 bits per heavy atom. The molecule has 0 saturated carbocycles. The van der Waals surface area contributed by atoms with Gasteiger partial charge in [-0.25, -0.2) is 8.42 Å². The summed E-state index contributed by atoms with van der Waals surface area (Å²) < 4.78 is 44.0. The Kier molecular flexibility index (Phi) is 11.9. The fourth-order valence-electron chi connectivity index (χ4n) is 3.14. The second-order valence-corrected chi connectivity index (χ2v) is 16.7. The van der Waals surface area contributed by atoms with Crippen molar-refractivity contribution >= 4 is 26.9 Å². The van der Waals surface area contributed by atoms with Gasteiger partial charge in [-0.05, 0) is 25.0 Å². The maximum atomic E-state index is 13.2. The van der Waals surface area contributed by atoms with Crippen molar-refractivity contribution in [3.05, 3.63) is 30.3 Å². The highest BCUT2D eigenvalue weighted by molar-refractivity contribution is 7.89. The van der Waals surface area contributed by atoms with Crippen LogP contribution in [0.15, 0.2) is 35.2 Å². The van der Waals surface area contributed by atoms with Gasteiger partial charge in [-0.15, -0.1) is 0 Å². The fraction of sp³-hybridized carbons (Fsp3) is 0.667. The van der Waals surface area contributed by atoms with Gasteiger partial charge >= 0.3 is 8.80 Å². The first-order valence-electron chi connectivity index (χ1n) is 9.82. The molecule has 0 aliphatic carbocycles. The average Bonchev–Trinajstić information content (AvgIpc) is 2.79. The van der Waals surface area contributed by atoms with Crippen LogP contribution >= 0.6 is 0 Å². The van der Waals surface area contributed by atoms with Gasteiger partial charge in [0.2, 0.25) is 10.0 Å². The van der Waals surface area contributed by atoms with Gasteiger partial charge in [-0.2, -0.15) is 4.31 Å². The number of hydrogen-bond donors (Lipinski definition) is 3. The molecule has 0 radical (unpaired) electrons. The second kappa shape index (κ2) is 13.0. The summed E-state index contributed by atoms with van der Waals surface area (Å²) in [6.45, 7) is 0.460. The zero-order chi connectivity index (χ0) is 22.7. The van der Waals surface area contributed by atoms with Crippen LogP contribution in [0.5, 0.6) is 0 Å². The first-order valence-corrected chi connectivity index (χ1v) is 16.0. The van der Waals surface area contributed by atoms with E-state index in [9.17, 15) is 23.7 Å². The van der Waals surface area contributed by atoms with Crippen molar-refractivity contribution in [3.63, 3.8) is 0 Å². The van der Waals surface area contributed by atoms with Gasteiger partial charge in [0, 0.05) is 59.2 Å². The highest BCUT2D eigenvalue weighted by Crippen LogP contribution is 2.21. The number of sulfonamides is 1. The van der Waals surface area contributed by atoms with E-state index in [2.05, 4.69) is 0 Å². The smallest absolute Gasteiger partial charge is 0.399 e. The zero-order valence-corrected chi connectivity index (χ0v) is 20.8. The molecule has 0 bridgehead atoms. The third-order valence-corrected chi connectivity index (χ3v) is 13.5. The number of aliphatic hydroxyl groups excluding tert-OH is 3. The molecule has 3 N–H and O–H groups in total. The maximum Gasteiger partial charge on any atom is 0.500 e. The Morgan fingerprint density at radius 1 is 0.833 bits per heavy atom. The molecule has 12 heteroatoms. The van der Waals surface area contributed by atoms with E-state index in [1.54, 1.807) is 30.3 Å². The molecule has 0 unspecified atom stereocenters. The number of benzene rings is 1. The molecular formula is C18H35NO8SSi2. The minimum Gasteiger partial charge on any atom is -0.399 e. The summed E-state index contributed by atoms with van der Waals surface area (Å²) in [6, 6.07) is 9.08. The Hall–Kier alpha value is -0.676. The maximum absolute atomic E-state index is 13.2. The molecule has 9 nitrogen and oxygen atoms in total. The summed E-state index contributed by atoms with van der Waals surface area (Å²) in [4.78, 5) is 0.203. The Balaban J connectivity index is 2.94. The summed E-state index contributed by atoms with van der Waals surface area (Å²) >= 11 is 0. The van der Waals surface area contributed by atoms with Crippen molar-refractivity contribution < 1.29 is 37.0 Å². The summed E-state index contributed by atoms with van der Waals surface area (Å²) in [5, 5.41) is 28.7. The van der Waals surface area contributed by atoms with Gasteiger partial charge in [0.15, 0.2) is 0 Å². The lowest BCUT2D eigenvalue weighted by Crippen LogP contribution is -2.49.